The summed E-state index contributed by atoms with van der Waals surface area (Å²) < 4.78 is 4.77. The molecule has 0 saturated heterocycles. The molecular weight excluding hydrogens is 236 g/mol. The molecule has 1 aromatic carbocycles. The molecule has 0 aliphatic heterocycles. The SMILES string of the molecule is C=CCCC/C=C\c1cc(CC)cc(C(=O)OC)c1. The molecule has 0 aliphatic rings. The molecule has 0 spiro atoms. The average molecular weight is 258 g/mol. The molecule has 0 aliphatic carbocycles. The Balaban J connectivity index is 2.81. The maximum absolute atomic E-state index is 11.6. The summed E-state index contributed by atoms with van der Waals surface area (Å²) in [6, 6.07) is 5.87. The van der Waals surface area contributed by atoms with Crippen LogP contribution in [-0.2, 0) is 11.2 Å². The summed E-state index contributed by atoms with van der Waals surface area (Å²) >= 11 is 0. The quantitative estimate of drug-likeness (QED) is 0.411. The van der Waals surface area contributed by atoms with Gasteiger partial charge in [0.1, 0.15) is 0 Å². The predicted molar refractivity (Wildman–Crippen MR) is 80.2 cm³/mol. The van der Waals surface area contributed by atoms with Crippen molar-refractivity contribution in [3.05, 3.63) is 53.6 Å². The van der Waals surface area contributed by atoms with Gasteiger partial charge in [0.15, 0.2) is 0 Å². The molecule has 0 N–H and O–H groups in total. The van der Waals surface area contributed by atoms with Gasteiger partial charge in [0.2, 0.25) is 0 Å². The first-order chi connectivity index (χ1) is 9.21. The lowest BCUT2D eigenvalue weighted by Crippen LogP contribution is -2.02. The number of hydrogen-bond acceptors (Lipinski definition) is 2. The highest BCUT2D eigenvalue weighted by atomic mass is 16.5. The Morgan fingerprint density at radius 1 is 1.32 bits per heavy atom. The minimum atomic E-state index is -0.281. The number of carbonyl (C=O) groups is 1. The van der Waals surface area contributed by atoms with Crippen molar-refractivity contribution < 1.29 is 9.53 Å². The van der Waals surface area contributed by atoms with Crippen molar-refractivity contribution in [2.24, 2.45) is 0 Å². The zero-order valence-corrected chi connectivity index (χ0v) is 11.8. The third-order valence-electron chi connectivity index (χ3n) is 2.93. The molecule has 1 rings (SSSR count). The Labute approximate surface area is 115 Å². The average Bonchev–Trinajstić information content (AvgIpc) is 2.45. The van der Waals surface area contributed by atoms with Crippen molar-refractivity contribution in [3.8, 4) is 0 Å². The van der Waals surface area contributed by atoms with Crippen molar-refractivity contribution in [2.75, 3.05) is 7.11 Å². The van der Waals surface area contributed by atoms with Crippen molar-refractivity contribution >= 4 is 12.0 Å². The summed E-state index contributed by atoms with van der Waals surface area (Å²) in [4.78, 5) is 11.6. The Bertz CT molecular complexity index is 458. The van der Waals surface area contributed by atoms with Crippen LogP contribution in [0.1, 0.15) is 47.7 Å². The van der Waals surface area contributed by atoms with Gasteiger partial charge in [-0.3, -0.25) is 0 Å². The van der Waals surface area contributed by atoms with E-state index in [-0.39, 0.29) is 5.97 Å². The third kappa shape index (κ3) is 5.12. The number of methoxy groups -OCH3 is 1. The van der Waals surface area contributed by atoms with E-state index in [0.29, 0.717) is 5.56 Å². The molecule has 2 nitrogen and oxygen atoms in total. The van der Waals surface area contributed by atoms with E-state index < -0.39 is 0 Å². The number of aryl methyl sites for hydroxylation is 1. The van der Waals surface area contributed by atoms with Gasteiger partial charge >= 0.3 is 5.97 Å². The highest BCUT2D eigenvalue weighted by Crippen LogP contribution is 2.14. The molecule has 0 heterocycles. The van der Waals surface area contributed by atoms with Gasteiger partial charge in [0.25, 0.3) is 0 Å². The van der Waals surface area contributed by atoms with Gasteiger partial charge in [-0.05, 0) is 48.9 Å². The van der Waals surface area contributed by atoms with Crippen LogP contribution >= 0.6 is 0 Å². The Kier molecular flexibility index (Phi) is 6.65. The van der Waals surface area contributed by atoms with E-state index in [1.54, 1.807) is 0 Å². The molecule has 0 aromatic heterocycles. The number of unbranched alkanes of at least 4 members (excludes halogenated alkanes) is 2. The number of carbonyl (C=O) groups excluding carboxylic acids is 1. The molecule has 0 unspecified atom stereocenters. The van der Waals surface area contributed by atoms with Gasteiger partial charge < -0.3 is 4.74 Å². The summed E-state index contributed by atoms with van der Waals surface area (Å²) in [5, 5.41) is 0. The smallest absolute Gasteiger partial charge is 0.337 e. The van der Waals surface area contributed by atoms with Crippen LogP contribution in [0.4, 0.5) is 0 Å². The Morgan fingerprint density at radius 3 is 2.74 bits per heavy atom. The second kappa shape index (κ2) is 8.30. The molecule has 0 fully saturated rings. The van der Waals surface area contributed by atoms with Gasteiger partial charge in [-0.15, -0.1) is 6.58 Å². The normalized spacial score (nSPS) is 10.6. The molecule has 0 radical (unpaired) electrons. The second-order valence-corrected chi connectivity index (χ2v) is 4.43. The van der Waals surface area contributed by atoms with E-state index in [1.165, 1.54) is 7.11 Å². The van der Waals surface area contributed by atoms with Crippen LogP contribution in [-0.4, -0.2) is 13.1 Å². The van der Waals surface area contributed by atoms with Gasteiger partial charge in [-0.1, -0.05) is 31.2 Å². The fourth-order valence-electron chi connectivity index (χ4n) is 1.85. The molecular formula is C17H22O2. The monoisotopic (exact) mass is 258 g/mol. The summed E-state index contributed by atoms with van der Waals surface area (Å²) in [7, 11) is 1.41. The molecule has 19 heavy (non-hydrogen) atoms. The molecule has 1 aromatic rings. The van der Waals surface area contributed by atoms with E-state index in [0.717, 1.165) is 36.8 Å². The lowest BCUT2D eigenvalue weighted by molar-refractivity contribution is 0.0600. The molecule has 0 bridgehead atoms. The molecule has 2 heteroatoms. The second-order valence-electron chi connectivity index (χ2n) is 4.43. The summed E-state index contributed by atoms with van der Waals surface area (Å²) in [6.45, 7) is 5.78. The van der Waals surface area contributed by atoms with Gasteiger partial charge in [0, 0.05) is 0 Å². The van der Waals surface area contributed by atoms with Gasteiger partial charge in [0.05, 0.1) is 12.7 Å². The third-order valence-corrected chi connectivity index (χ3v) is 2.93. The minimum absolute atomic E-state index is 0.281. The topological polar surface area (TPSA) is 26.3 Å². The molecule has 102 valence electrons. The van der Waals surface area contributed by atoms with Crippen LogP contribution in [0.25, 0.3) is 6.08 Å². The van der Waals surface area contributed by atoms with E-state index in [4.69, 9.17) is 4.74 Å². The number of ether oxygens (including phenoxy) is 1. The van der Waals surface area contributed by atoms with Crippen LogP contribution in [0.5, 0.6) is 0 Å². The van der Waals surface area contributed by atoms with E-state index in [2.05, 4.69) is 31.7 Å². The first-order valence-electron chi connectivity index (χ1n) is 6.71. The molecule has 0 atom stereocenters. The largest absolute Gasteiger partial charge is 0.465 e. The van der Waals surface area contributed by atoms with Crippen LogP contribution in [0, 0.1) is 0 Å². The van der Waals surface area contributed by atoms with Crippen LogP contribution in [0.2, 0.25) is 0 Å². The van der Waals surface area contributed by atoms with Crippen molar-refractivity contribution in [2.45, 2.75) is 32.6 Å². The van der Waals surface area contributed by atoms with Crippen molar-refractivity contribution in [1.82, 2.24) is 0 Å². The van der Waals surface area contributed by atoms with Crippen molar-refractivity contribution in [1.29, 1.82) is 0 Å². The standard InChI is InChI=1S/C17H22O2/c1-4-6-7-8-9-10-15-11-14(5-2)12-16(13-15)17(18)19-3/h4,9-13H,1,5-8H2,2-3H3/b10-9-. The minimum Gasteiger partial charge on any atom is -0.465 e. The van der Waals surface area contributed by atoms with Crippen LogP contribution in [0.3, 0.4) is 0 Å². The number of rotatable bonds is 7. The number of esters is 1. The van der Waals surface area contributed by atoms with Crippen LogP contribution in [0.15, 0.2) is 36.9 Å². The summed E-state index contributed by atoms with van der Waals surface area (Å²) in [6.07, 6.45) is 10.2. The van der Waals surface area contributed by atoms with E-state index >= 15 is 0 Å². The highest BCUT2D eigenvalue weighted by molar-refractivity contribution is 5.90. The fourth-order valence-corrected chi connectivity index (χ4v) is 1.85. The number of benzene rings is 1. The van der Waals surface area contributed by atoms with Gasteiger partial charge in [-0.25, -0.2) is 4.79 Å². The maximum Gasteiger partial charge on any atom is 0.337 e. The molecule has 0 saturated carbocycles. The number of allylic oxidation sites excluding steroid dienone is 2. The molecule has 0 amide bonds. The predicted octanol–water partition coefficient (Wildman–Crippen LogP) is 4.41. The van der Waals surface area contributed by atoms with E-state index in [9.17, 15) is 4.79 Å². The zero-order valence-electron chi connectivity index (χ0n) is 11.8. The van der Waals surface area contributed by atoms with Gasteiger partial charge in [-0.2, -0.15) is 0 Å². The highest BCUT2D eigenvalue weighted by Gasteiger charge is 2.07. The Hall–Kier alpha value is -1.83. The first kappa shape index (κ1) is 15.2. The number of hydrogen-bond donors (Lipinski definition) is 0. The summed E-state index contributed by atoms with van der Waals surface area (Å²) in [5.74, 6) is -0.281. The lowest BCUT2D eigenvalue weighted by atomic mass is 10.0. The Morgan fingerprint density at radius 2 is 2.11 bits per heavy atom. The lowest BCUT2D eigenvalue weighted by Gasteiger charge is -2.05. The summed E-state index contributed by atoms with van der Waals surface area (Å²) in [5.41, 5.74) is 2.82. The zero-order chi connectivity index (χ0) is 14.1. The maximum atomic E-state index is 11.6. The fraction of sp³-hybridized carbons (Fsp3) is 0.353. The van der Waals surface area contributed by atoms with E-state index in [1.807, 2.05) is 18.2 Å². The first-order valence-corrected chi connectivity index (χ1v) is 6.71. The van der Waals surface area contributed by atoms with Crippen molar-refractivity contribution in [3.63, 3.8) is 0 Å². The van der Waals surface area contributed by atoms with Crippen LogP contribution < -0.4 is 0 Å².